The van der Waals surface area contributed by atoms with E-state index in [0.717, 1.165) is 23.4 Å². The fraction of sp³-hybridized carbons (Fsp3) is 0.375. The Hall–Kier alpha value is -0.210. The first-order valence-corrected chi connectivity index (χ1v) is 8.85. The first-order chi connectivity index (χ1) is 9.63. The Morgan fingerprint density at radius 2 is 1.55 bits per heavy atom. The zero-order valence-electron chi connectivity index (χ0n) is 11.3. The zero-order chi connectivity index (χ0) is 14.6. The summed E-state index contributed by atoms with van der Waals surface area (Å²) < 4.78 is 0. The van der Waals surface area contributed by atoms with Gasteiger partial charge in [-0.1, -0.05) is 30.7 Å². The minimum absolute atomic E-state index is 0.233. The molecular formula is C16H17Cl3S. The Labute approximate surface area is 139 Å². The lowest BCUT2D eigenvalue weighted by molar-refractivity contribution is 0.541. The second kappa shape index (κ2) is 7.17. The third kappa shape index (κ3) is 3.51. The molecule has 0 nitrogen and oxygen atoms in total. The SMILES string of the molecule is CCc1ccc(CC(CCl)(CCl)c2ccc(Cl)cc2)s1. The molecule has 0 N–H and O–H groups in total. The molecule has 1 aromatic heterocycles. The van der Waals surface area contributed by atoms with Gasteiger partial charge in [0.1, 0.15) is 0 Å². The monoisotopic (exact) mass is 346 g/mol. The van der Waals surface area contributed by atoms with Crippen LogP contribution in [0.5, 0.6) is 0 Å². The van der Waals surface area contributed by atoms with Gasteiger partial charge in [-0.2, -0.15) is 0 Å². The lowest BCUT2D eigenvalue weighted by atomic mass is 9.80. The highest BCUT2D eigenvalue weighted by molar-refractivity contribution is 7.12. The van der Waals surface area contributed by atoms with Crippen LogP contribution >= 0.6 is 46.1 Å². The van der Waals surface area contributed by atoms with Crippen LogP contribution in [-0.2, 0) is 18.3 Å². The van der Waals surface area contributed by atoms with E-state index in [2.05, 4.69) is 19.1 Å². The molecule has 0 fully saturated rings. The average molecular weight is 348 g/mol. The lowest BCUT2D eigenvalue weighted by Crippen LogP contribution is -2.33. The van der Waals surface area contributed by atoms with E-state index in [1.54, 1.807) is 0 Å². The van der Waals surface area contributed by atoms with Gasteiger partial charge in [0, 0.05) is 32.0 Å². The molecule has 0 aliphatic carbocycles. The number of alkyl halides is 2. The van der Waals surface area contributed by atoms with E-state index in [1.807, 2.05) is 35.6 Å². The highest BCUT2D eigenvalue weighted by Gasteiger charge is 2.31. The number of halogens is 3. The molecule has 20 heavy (non-hydrogen) atoms. The van der Waals surface area contributed by atoms with Crippen LogP contribution < -0.4 is 0 Å². The first-order valence-electron chi connectivity index (χ1n) is 6.59. The van der Waals surface area contributed by atoms with Crippen LogP contribution in [0.3, 0.4) is 0 Å². The molecule has 0 saturated heterocycles. The fourth-order valence-electron chi connectivity index (χ4n) is 2.23. The van der Waals surface area contributed by atoms with E-state index in [0.29, 0.717) is 11.8 Å². The van der Waals surface area contributed by atoms with Crippen LogP contribution in [0.4, 0.5) is 0 Å². The first kappa shape index (κ1) is 16.2. The molecule has 0 unspecified atom stereocenters. The summed E-state index contributed by atoms with van der Waals surface area (Å²) in [6.07, 6.45) is 1.94. The summed E-state index contributed by atoms with van der Waals surface area (Å²) in [5, 5.41) is 0.733. The number of hydrogen-bond acceptors (Lipinski definition) is 1. The third-order valence-electron chi connectivity index (χ3n) is 3.55. The molecule has 2 aromatic rings. The van der Waals surface area contributed by atoms with Gasteiger partial charge in [0.05, 0.1) is 0 Å². The van der Waals surface area contributed by atoms with Crippen molar-refractivity contribution in [3.8, 4) is 0 Å². The maximum absolute atomic E-state index is 6.28. The van der Waals surface area contributed by atoms with E-state index in [9.17, 15) is 0 Å². The van der Waals surface area contributed by atoms with Crippen molar-refractivity contribution >= 4 is 46.1 Å². The summed E-state index contributed by atoms with van der Waals surface area (Å²) in [6.45, 7) is 2.17. The maximum Gasteiger partial charge on any atom is 0.0406 e. The zero-order valence-corrected chi connectivity index (χ0v) is 14.4. The number of benzene rings is 1. The van der Waals surface area contributed by atoms with Crippen LogP contribution in [0, 0.1) is 0 Å². The summed E-state index contributed by atoms with van der Waals surface area (Å²) in [4.78, 5) is 2.73. The highest BCUT2D eigenvalue weighted by Crippen LogP contribution is 2.34. The summed E-state index contributed by atoms with van der Waals surface area (Å²) in [6, 6.07) is 12.2. The van der Waals surface area contributed by atoms with Crippen LogP contribution in [0.1, 0.15) is 22.2 Å². The van der Waals surface area contributed by atoms with Gasteiger partial charge >= 0.3 is 0 Å². The van der Waals surface area contributed by atoms with Gasteiger partial charge in [-0.25, -0.2) is 0 Å². The minimum atomic E-state index is -0.233. The van der Waals surface area contributed by atoms with Crippen LogP contribution in [0.2, 0.25) is 5.02 Å². The smallest absolute Gasteiger partial charge is 0.0406 e. The topological polar surface area (TPSA) is 0 Å². The van der Waals surface area contributed by atoms with Crippen molar-refractivity contribution in [3.63, 3.8) is 0 Å². The van der Waals surface area contributed by atoms with Crippen molar-refractivity contribution in [2.75, 3.05) is 11.8 Å². The Kier molecular flexibility index (Phi) is 5.80. The molecular weight excluding hydrogens is 331 g/mol. The van der Waals surface area contributed by atoms with Crippen LogP contribution in [0.25, 0.3) is 0 Å². The van der Waals surface area contributed by atoms with Crippen molar-refractivity contribution < 1.29 is 0 Å². The van der Waals surface area contributed by atoms with E-state index >= 15 is 0 Å². The molecule has 0 aliphatic rings. The van der Waals surface area contributed by atoms with Crippen molar-refractivity contribution in [2.45, 2.75) is 25.2 Å². The molecule has 2 rings (SSSR count). The number of aryl methyl sites for hydroxylation is 1. The molecule has 0 saturated carbocycles. The van der Waals surface area contributed by atoms with Gasteiger partial charge in [-0.05, 0) is 42.7 Å². The number of rotatable bonds is 6. The molecule has 1 aromatic carbocycles. The molecule has 1 heterocycles. The normalized spacial score (nSPS) is 11.8. The second-order valence-corrected chi connectivity index (χ2v) is 7.18. The van der Waals surface area contributed by atoms with Crippen molar-refractivity contribution in [1.29, 1.82) is 0 Å². The van der Waals surface area contributed by atoms with Crippen molar-refractivity contribution in [1.82, 2.24) is 0 Å². The van der Waals surface area contributed by atoms with E-state index in [-0.39, 0.29) is 5.41 Å². The molecule has 0 bridgehead atoms. The number of hydrogen-bond donors (Lipinski definition) is 0. The Balaban J connectivity index is 2.31. The molecule has 108 valence electrons. The maximum atomic E-state index is 6.28. The Morgan fingerprint density at radius 3 is 2.05 bits per heavy atom. The second-order valence-electron chi connectivity index (χ2n) is 4.95. The predicted molar refractivity (Wildman–Crippen MR) is 92.0 cm³/mol. The van der Waals surface area contributed by atoms with E-state index < -0.39 is 0 Å². The minimum Gasteiger partial charge on any atom is -0.145 e. The van der Waals surface area contributed by atoms with Gasteiger partial charge in [0.25, 0.3) is 0 Å². The standard InChI is InChI=1S/C16H17Cl3S/c1-2-14-7-8-15(20-14)9-16(10-17,11-18)12-3-5-13(19)6-4-12/h3-8H,2,9-11H2,1H3. The Morgan fingerprint density at radius 1 is 0.950 bits per heavy atom. The molecule has 0 radical (unpaired) electrons. The van der Waals surface area contributed by atoms with Crippen molar-refractivity contribution in [3.05, 3.63) is 56.7 Å². The molecule has 0 atom stereocenters. The summed E-state index contributed by atoms with van der Waals surface area (Å²) in [5.41, 5.74) is 0.919. The summed E-state index contributed by atoms with van der Waals surface area (Å²) in [7, 11) is 0. The average Bonchev–Trinajstić information content (AvgIpc) is 2.93. The van der Waals surface area contributed by atoms with Crippen molar-refractivity contribution in [2.24, 2.45) is 0 Å². The largest absolute Gasteiger partial charge is 0.145 e. The van der Waals surface area contributed by atoms with E-state index in [4.69, 9.17) is 34.8 Å². The number of thiophene rings is 1. The molecule has 0 spiro atoms. The fourth-order valence-corrected chi connectivity index (χ4v) is 4.24. The summed E-state index contributed by atoms with van der Waals surface area (Å²) >= 11 is 20.4. The summed E-state index contributed by atoms with van der Waals surface area (Å²) in [5.74, 6) is 0.995. The van der Waals surface area contributed by atoms with Crippen LogP contribution in [0.15, 0.2) is 36.4 Å². The van der Waals surface area contributed by atoms with E-state index in [1.165, 1.54) is 9.75 Å². The predicted octanol–water partition coefficient (Wildman–Crippen LogP) is 5.92. The molecule has 4 heteroatoms. The lowest BCUT2D eigenvalue weighted by Gasteiger charge is -2.30. The molecule has 0 aliphatic heterocycles. The van der Waals surface area contributed by atoms with Gasteiger partial charge < -0.3 is 0 Å². The van der Waals surface area contributed by atoms with Gasteiger partial charge in [-0.15, -0.1) is 34.5 Å². The third-order valence-corrected chi connectivity index (χ3v) is 6.05. The quantitative estimate of drug-likeness (QED) is 0.569. The molecule has 0 amide bonds. The highest BCUT2D eigenvalue weighted by atomic mass is 35.5. The van der Waals surface area contributed by atoms with Gasteiger partial charge in [-0.3, -0.25) is 0 Å². The van der Waals surface area contributed by atoms with Gasteiger partial charge in [0.2, 0.25) is 0 Å². The Bertz CT molecular complexity index is 541. The van der Waals surface area contributed by atoms with Crippen LogP contribution in [-0.4, -0.2) is 11.8 Å². The van der Waals surface area contributed by atoms with Gasteiger partial charge in [0.15, 0.2) is 0 Å².